The van der Waals surface area contributed by atoms with E-state index in [0.717, 1.165) is 0 Å². The van der Waals surface area contributed by atoms with Gasteiger partial charge in [-0.15, -0.1) is 0 Å². The van der Waals surface area contributed by atoms with Gasteiger partial charge in [0.05, 0.1) is 19.3 Å². The molecule has 0 saturated carbocycles. The molecule has 0 bridgehead atoms. The van der Waals surface area contributed by atoms with Crippen LogP contribution >= 0.6 is 0 Å². The molecule has 150 valence electrons. The van der Waals surface area contributed by atoms with Gasteiger partial charge in [0.15, 0.2) is 6.04 Å². The van der Waals surface area contributed by atoms with E-state index in [1.165, 1.54) is 6.92 Å². The first-order valence-corrected chi connectivity index (χ1v) is 8.14. The number of amides is 3. The number of nitrogens with two attached hydrogens (primary N) is 1. The Balaban J connectivity index is 4.87. The average Bonchev–Trinajstić information content (AvgIpc) is 2.54. The van der Waals surface area contributed by atoms with Crippen LogP contribution in [0.25, 0.3) is 0 Å². The van der Waals surface area contributed by atoms with Crippen molar-refractivity contribution in [2.45, 2.75) is 51.4 Å². The Labute approximate surface area is 151 Å². The number of rotatable bonds is 11. The highest BCUT2D eigenvalue weighted by molar-refractivity contribution is 5.92. The maximum absolute atomic E-state index is 12.3. The van der Waals surface area contributed by atoms with Crippen LogP contribution in [0.1, 0.15) is 27.2 Å². The van der Waals surface area contributed by atoms with Crippen molar-refractivity contribution in [3.63, 3.8) is 0 Å². The fourth-order valence-corrected chi connectivity index (χ4v) is 1.97. The van der Waals surface area contributed by atoms with Crippen molar-refractivity contribution in [1.29, 1.82) is 0 Å². The lowest BCUT2D eigenvalue weighted by Gasteiger charge is -2.24. The Morgan fingerprint density at radius 3 is 2.04 bits per heavy atom. The second-order valence-electron chi connectivity index (χ2n) is 6.32. The zero-order valence-corrected chi connectivity index (χ0v) is 15.1. The van der Waals surface area contributed by atoms with Crippen molar-refractivity contribution < 1.29 is 34.5 Å². The summed E-state index contributed by atoms with van der Waals surface area (Å²) in [7, 11) is 0. The topological polar surface area (TPSA) is 191 Å². The molecule has 3 amide bonds. The van der Waals surface area contributed by atoms with Gasteiger partial charge in [-0.3, -0.25) is 14.4 Å². The summed E-state index contributed by atoms with van der Waals surface area (Å²) in [6.07, 6.45) is -1.11. The summed E-state index contributed by atoms with van der Waals surface area (Å²) in [5, 5.41) is 34.0. The van der Waals surface area contributed by atoms with Crippen molar-refractivity contribution in [2.75, 3.05) is 13.2 Å². The van der Waals surface area contributed by atoms with Crippen LogP contribution in [0.3, 0.4) is 0 Å². The lowest BCUT2D eigenvalue weighted by molar-refractivity contribution is -0.145. The van der Waals surface area contributed by atoms with E-state index in [1.54, 1.807) is 13.8 Å². The van der Waals surface area contributed by atoms with Gasteiger partial charge in [-0.05, 0) is 19.3 Å². The van der Waals surface area contributed by atoms with E-state index in [4.69, 9.17) is 15.9 Å². The van der Waals surface area contributed by atoms with E-state index in [1.807, 2.05) is 0 Å². The Bertz CT molecular complexity index is 510. The van der Waals surface area contributed by atoms with Crippen LogP contribution < -0.4 is 21.7 Å². The molecule has 26 heavy (non-hydrogen) atoms. The number of carboxylic acid groups (broad SMARTS) is 1. The number of carboxylic acids is 1. The van der Waals surface area contributed by atoms with Crippen LogP contribution in [-0.4, -0.2) is 76.4 Å². The molecule has 0 aromatic heterocycles. The minimum Gasteiger partial charge on any atom is -0.480 e. The number of aliphatic hydroxyl groups excluding tert-OH is 2. The first-order valence-electron chi connectivity index (χ1n) is 8.14. The smallest absolute Gasteiger partial charge is 0.328 e. The van der Waals surface area contributed by atoms with Crippen LogP contribution in [0.5, 0.6) is 0 Å². The maximum Gasteiger partial charge on any atom is 0.328 e. The monoisotopic (exact) mass is 376 g/mol. The number of aliphatic carboxylic acids is 1. The van der Waals surface area contributed by atoms with Gasteiger partial charge in [-0.25, -0.2) is 4.79 Å². The number of carbonyl (C=O) groups is 4. The third kappa shape index (κ3) is 8.74. The number of carbonyl (C=O) groups excluding carboxylic acids is 3. The lowest BCUT2D eigenvalue weighted by atomic mass is 10.0. The first-order chi connectivity index (χ1) is 12.0. The molecule has 0 rings (SSSR count). The first kappa shape index (κ1) is 23.8. The van der Waals surface area contributed by atoms with Crippen LogP contribution in [0.2, 0.25) is 0 Å². The summed E-state index contributed by atoms with van der Waals surface area (Å²) < 4.78 is 0. The molecular formula is C15H28N4O7. The maximum atomic E-state index is 12.3. The zero-order valence-electron chi connectivity index (χ0n) is 15.1. The molecule has 0 heterocycles. The fourth-order valence-electron chi connectivity index (χ4n) is 1.97. The van der Waals surface area contributed by atoms with Gasteiger partial charge in [-0.1, -0.05) is 13.8 Å². The van der Waals surface area contributed by atoms with Gasteiger partial charge in [-0.2, -0.15) is 0 Å². The van der Waals surface area contributed by atoms with Crippen LogP contribution in [0, 0.1) is 5.92 Å². The number of hydrogen-bond acceptors (Lipinski definition) is 7. The second-order valence-corrected chi connectivity index (χ2v) is 6.32. The average molecular weight is 376 g/mol. The fraction of sp³-hybridized carbons (Fsp3) is 0.733. The Kier molecular flexibility index (Phi) is 10.4. The molecule has 11 heteroatoms. The highest BCUT2D eigenvalue weighted by atomic mass is 16.4. The number of aliphatic hydroxyl groups is 2. The Morgan fingerprint density at radius 1 is 1.04 bits per heavy atom. The van der Waals surface area contributed by atoms with E-state index in [0.29, 0.717) is 0 Å². The standard InChI is InChI=1S/C15H28N4O7/c1-7(2)4-10(14(24)19-12(8(3)21)15(25)26)18-11(22)5-17-13(23)9(16)6-20/h7-10,12,20-21H,4-6,16H2,1-3H3,(H,17,23)(H,18,22)(H,19,24)(H,25,26). The Hall–Kier alpha value is -2.24. The van der Waals surface area contributed by atoms with E-state index < -0.39 is 61.1 Å². The largest absolute Gasteiger partial charge is 0.480 e. The van der Waals surface area contributed by atoms with Gasteiger partial charge < -0.3 is 37.0 Å². The summed E-state index contributed by atoms with van der Waals surface area (Å²) in [5.41, 5.74) is 5.29. The summed E-state index contributed by atoms with van der Waals surface area (Å²) in [6.45, 7) is 3.78. The summed E-state index contributed by atoms with van der Waals surface area (Å²) in [5.74, 6) is -3.59. The minimum absolute atomic E-state index is 0.00159. The summed E-state index contributed by atoms with van der Waals surface area (Å²) in [6, 6.07) is -3.73. The number of nitrogens with one attached hydrogen (secondary N) is 3. The van der Waals surface area contributed by atoms with Crippen molar-refractivity contribution in [2.24, 2.45) is 11.7 Å². The Morgan fingerprint density at radius 2 is 1.62 bits per heavy atom. The van der Waals surface area contributed by atoms with E-state index in [-0.39, 0.29) is 12.3 Å². The molecule has 0 spiro atoms. The molecule has 0 aromatic rings. The molecule has 0 saturated heterocycles. The predicted molar refractivity (Wildman–Crippen MR) is 90.7 cm³/mol. The van der Waals surface area contributed by atoms with Crippen LogP contribution in [0.4, 0.5) is 0 Å². The molecule has 0 radical (unpaired) electrons. The van der Waals surface area contributed by atoms with Gasteiger partial charge in [0, 0.05) is 0 Å². The third-order valence-corrected chi connectivity index (χ3v) is 3.36. The van der Waals surface area contributed by atoms with Crippen LogP contribution in [0.15, 0.2) is 0 Å². The molecule has 11 nitrogen and oxygen atoms in total. The van der Waals surface area contributed by atoms with Crippen LogP contribution in [-0.2, 0) is 19.2 Å². The molecule has 0 fully saturated rings. The van der Waals surface area contributed by atoms with Gasteiger partial charge in [0.1, 0.15) is 12.1 Å². The highest BCUT2D eigenvalue weighted by Crippen LogP contribution is 2.06. The molecular weight excluding hydrogens is 348 g/mol. The van der Waals surface area contributed by atoms with Gasteiger partial charge in [0.25, 0.3) is 0 Å². The predicted octanol–water partition coefficient (Wildman–Crippen LogP) is -3.10. The summed E-state index contributed by atoms with van der Waals surface area (Å²) in [4.78, 5) is 46.7. The van der Waals surface area contributed by atoms with E-state index in [2.05, 4.69) is 16.0 Å². The second kappa shape index (κ2) is 11.4. The van der Waals surface area contributed by atoms with Crippen molar-refractivity contribution in [3.05, 3.63) is 0 Å². The van der Waals surface area contributed by atoms with Gasteiger partial charge >= 0.3 is 5.97 Å². The van der Waals surface area contributed by atoms with Crippen molar-refractivity contribution >= 4 is 23.7 Å². The molecule has 0 aromatic carbocycles. The minimum atomic E-state index is -1.52. The molecule has 0 aliphatic heterocycles. The SMILES string of the molecule is CC(C)CC(NC(=O)CNC(=O)C(N)CO)C(=O)NC(C(=O)O)C(C)O. The molecule has 4 unspecified atom stereocenters. The molecule has 0 aliphatic carbocycles. The quantitative estimate of drug-likeness (QED) is 0.197. The summed E-state index contributed by atoms with van der Waals surface area (Å²) >= 11 is 0. The van der Waals surface area contributed by atoms with E-state index in [9.17, 15) is 24.3 Å². The third-order valence-electron chi connectivity index (χ3n) is 3.36. The number of hydrogen-bond donors (Lipinski definition) is 7. The molecule has 0 aliphatic rings. The zero-order chi connectivity index (χ0) is 20.4. The van der Waals surface area contributed by atoms with Crippen molar-refractivity contribution in [3.8, 4) is 0 Å². The van der Waals surface area contributed by atoms with Crippen molar-refractivity contribution in [1.82, 2.24) is 16.0 Å². The lowest BCUT2D eigenvalue weighted by Crippen LogP contribution is -2.56. The highest BCUT2D eigenvalue weighted by Gasteiger charge is 2.29. The van der Waals surface area contributed by atoms with Gasteiger partial charge in [0.2, 0.25) is 17.7 Å². The van der Waals surface area contributed by atoms with E-state index >= 15 is 0 Å². The normalized spacial score (nSPS) is 15.5. The molecule has 4 atom stereocenters. The molecule has 8 N–H and O–H groups in total.